The molecule has 5 nitrogen and oxygen atoms in total. The van der Waals surface area contributed by atoms with Crippen LogP contribution in [0.1, 0.15) is 48.0 Å². The summed E-state index contributed by atoms with van der Waals surface area (Å²) < 4.78 is 0. The van der Waals surface area contributed by atoms with E-state index in [-0.39, 0.29) is 11.9 Å². The number of nitrogens with one attached hydrogen (secondary N) is 1. The highest BCUT2D eigenvalue weighted by Crippen LogP contribution is 2.53. The number of anilines is 1. The third kappa shape index (κ3) is 3.58. The molecule has 166 valence electrons. The molecule has 0 spiro atoms. The van der Waals surface area contributed by atoms with Crippen molar-refractivity contribution in [2.75, 3.05) is 18.0 Å². The van der Waals surface area contributed by atoms with Crippen LogP contribution in [0.15, 0.2) is 54.6 Å². The zero-order valence-corrected chi connectivity index (χ0v) is 18.5. The number of nitrogens with zero attached hydrogens (tertiary/aromatic N) is 2. The lowest BCUT2D eigenvalue weighted by molar-refractivity contribution is -0.0119. The highest BCUT2D eigenvalue weighted by atomic mass is 16.2. The second-order valence-corrected chi connectivity index (χ2v) is 10.3. The molecule has 5 heteroatoms. The van der Waals surface area contributed by atoms with Gasteiger partial charge in [0.1, 0.15) is 0 Å². The quantitative estimate of drug-likeness (QED) is 0.750. The van der Waals surface area contributed by atoms with Crippen LogP contribution in [0.4, 0.5) is 10.5 Å². The van der Waals surface area contributed by atoms with Gasteiger partial charge in [0.15, 0.2) is 0 Å². The summed E-state index contributed by atoms with van der Waals surface area (Å²) in [7, 11) is 0. The molecule has 5 fully saturated rings. The minimum absolute atomic E-state index is 0.0416. The van der Waals surface area contributed by atoms with Crippen LogP contribution in [0.5, 0.6) is 0 Å². The fourth-order valence-electron chi connectivity index (χ4n) is 6.95. The van der Waals surface area contributed by atoms with E-state index in [9.17, 15) is 9.59 Å². The van der Waals surface area contributed by atoms with Crippen LogP contribution in [0.2, 0.25) is 0 Å². The molecule has 32 heavy (non-hydrogen) atoms. The Labute approximate surface area is 189 Å². The average Bonchev–Trinajstić information content (AvgIpc) is 3.16. The summed E-state index contributed by atoms with van der Waals surface area (Å²) in [6, 6.07) is 18.0. The van der Waals surface area contributed by atoms with Crippen molar-refractivity contribution < 1.29 is 9.59 Å². The molecule has 4 aliphatic carbocycles. The molecule has 1 saturated heterocycles. The largest absolute Gasteiger partial charge is 0.349 e. The average molecular weight is 430 g/mol. The van der Waals surface area contributed by atoms with E-state index < -0.39 is 0 Å². The van der Waals surface area contributed by atoms with E-state index in [1.807, 2.05) is 64.4 Å². The van der Waals surface area contributed by atoms with Gasteiger partial charge < -0.3 is 10.2 Å². The van der Waals surface area contributed by atoms with Crippen LogP contribution in [-0.2, 0) is 6.54 Å². The number of para-hydroxylation sites is 1. The molecular formula is C27H31N3O2. The molecule has 1 aliphatic heterocycles. The van der Waals surface area contributed by atoms with Crippen LogP contribution in [0, 0.1) is 23.7 Å². The zero-order valence-electron chi connectivity index (χ0n) is 18.5. The summed E-state index contributed by atoms with van der Waals surface area (Å²) in [5.74, 6) is 3.25. The number of carbonyl (C=O) groups excluding carboxylic acids is 2. The van der Waals surface area contributed by atoms with Crippen molar-refractivity contribution in [1.29, 1.82) is 0 Å². The maximum Gasteiger partial charge on any atom is 0.324 e. The third-order valence-electron chi connectivity index (χ3n) is 8.28. The number of carbonyl (C=O) groups is 2. The van der Waals surface area contributed by atoms with Crippen LogP contribution >= 0.6 is 0 Å². The van der Waals surface area contributed by atoms with Crippen LogP contribution in [0.25, 0.3) is 0 Å². The van der Waals surface area contributed by atoms with Crippen LogP contribution in [0.3, 0.4) is 0 Å². The Kier molecular flexibility index (Phi) is 4.93. The van der Waals surface area contributed by atoms with Gasteiger partial charge in [-0.2, -0.15) is 0 Å². The van der Waals surface area contributed by atoms with E-state index in [0.29, 0.717) is 37.5 Å². The van der Waals surface area contributed by atoms with Gasteiger partial charge in [-0.05, 0) is 85.6 Å². The second-order valence-electron chi connectivity index (χ2n) is 10.3. The summed E-state index contributed by atoms with van der Waals surface area (Å²) in [6.45, 7) is 1.98. The first-order valence-corrected chi connectivity index (χ1v) is 12.2. The lowest BCUT2D eigenvalue weighted by Crippen LogP contribution is -2.55. The maximum absolute atomic E-state index is 13.0. The lowest BCUT2D eigenvalue weighted by atomic mass is 9.54. The molecule has 0 atom stereocenters. The minimum Gasteiger partial charge on any atom is -0.349 e. The SMILES string of the molecule is O=C(NC1C2CC3CC(C2)CC1C3)c1ccc(CN2CCN(c3ccccc3)C2=O)cc1. The Hall–Kier alpha value is -2.82. The fourth-order valence-corrected chi connectivity index (χ4v) is 6.95. The predicted octanol–water partition coefficient (Wildman–Crippen LogP) is 4.68. The van der Waals surface area contributed by atoms with E-state index in [0.717, 1.165) is 28.7 Å². The van der Waals surface area contributed by atoms with E-state index in [4.69, 9.17) is 0 Å². The first-order valence-electron chi connectivity index (χ1n) is 12.2. The van der Waals surface area contributed by atoms with Gasteiger partial charge >= 0.3 is 6.03 Å². The molecule has 4 bridgehead atoms. The molecule has 0 radical (unpaired) electrons. The van der Waals surface area contributed by atoms with Crippen molar-refractivity contribution >= 4 is 17.6 Å². The molecule has 2 aromatic carbocycles. The van der Waals surface area contributed by atoms with Gasteiger partial charge in [-0.25, -0.2) is 4.79 Å². The van der Waals surface area contributed by atoms with Crippen molar-refractivity contribution in [3.8, 4) is 0 Å². The Balaban J connectivity index is 1.07. The standard InChI is InChI=1S/C27H31N3O2/c31-26(28-25-22-13-19-12-20(15-22)16-23(25)14-19)21-8-6-18(7-9-21)17-29-10-11-30(27(29)32)24-4-2-1-3-5-24/h1-9,19-20,22-23,25H,10-17H2,(H,28,31). The van der Waals surface area contributed by atoms with Gasteiger partial charge in [0.05, 0.1) is 0 Å². The Morgan fingerprint density at radius 1 is 0.844 bits per heavy atom. The topological polar surface area (TPSA) is 52.7 Å². The Morgan fingerprint density at radius 2 is 1.50 bits per heavy atom. The molecule has 0 unspecified atom stereocenters. The van der Waals surface area contributed by atoms with Gasteiger partial charge in [0.25, 0.3) is 5.91 Å². The van der Waals surface area contributed by atoms with Crippen molar-refractivity contribution in [3.05, 3.63) is 65.7 Å². The smallest absolute Gasteiger partial charge is 0.324 e. The van der Waals surface area contributed by atoms with Crippen molar-refractivity contribution in [2.24, 2.45) is 23.7 Å². The molecule has 0 aromatic heterocycles. The number of hydrogen-bond acceptors (Lipinski definition) is 2. The summed E-state index contributed by atoms with van der Waals surface area (Å²) >= 11 is 0. The molecule has 2 aromatic rings. The van der Waals surface area contributed by atoms with E-state index >= 15 is 0 Å². The molecular weight excluding hydrogens is 398 g/mol. The van der Waals surface area contributed by atoms with Gasteiger partial charge in [-0.3, -0.25) is 9.69 Å². The highest BCUT2D eigenvalue weighted by molar-refractivity contribution is 5.95. The summed E-state index contributed by atoms with van der Waals surface area (Å²) in [5, 5.41) is 3.39. The zero-order chi connectivity index (χ0) is 21.7. The molecule has 4 saturated carbocycles. The third-order valence-corrected chi connectivity index (χ3v) is 8.28. The fraction of sp³-hybridized carbons (Fsp3) is 0.481. The Morgan fingerprint density at radius 3 is 2.16 bits per heavy atom. The number of amides is 3. The summed E-state index contributed by atoms with van der Waals surface area (Å²) in [5.41, 5.74) is 2.72. The van der Waals surface area contributed by atoms with Gasteiger partial charge in [-0.15, -0.1) is 0 Å². The summed E-state index contributed by atoms with van der Waals surface area (Å²) in [6.07, 6.45) is 6.65. The normalized spacial score (nSPS) is 30.8. The molecule has 7 rings (SSSR count). The first-order chi connectivity index (χ1) is 15.6. The van der Waals surface area contributed by atoms with Crippen molar-refractivity contribution in [1.82, 2.24) is 10.2 Å². The number of rotatable bonds is 5. The highest BCUT2D eigenvalue weighted by Gasteiger charge is 2.48. The molecule has 5 aliphatic rings. The van der Waals surface area contributed by atoms with Crippen LogP contribution in [-0.4, -0.2) is 36.0 Å². The van der Waals surface area contributed by atoms with Crippen molar-refractivity contribution in [3.63, 3.8) is 0 Å². The van der Waals surface area contributed by atoms with E-state index in [1.54, 1.807) is 0 Å². The summed E-state index contributed by atoms with van der Waals surface area (Å²) in [4.78, 5) is 29.5. The van der Waals surface area contributed by atoms with Gasteiger partial charge in [-0.1, -0.05) is 30.3 Å². The minimum atomic E-state index is 0.0416. The molecule has 1 N–H and O–H groups in total. The first kappa shape index (κ1) is 19.8. The van der Waals surface area contributed by atoms with Crippen LogP contribution < -0.4 is 10.2 Å². The number of benzene rings is 2. The Bertz CT molecular complexity index is 975. The van der Waals surface area contributed by atoms with Crippen molar-refractivity contribution in [2.45, 2.75) is 44.7 Å². The number of urea groups is 1. The monoisotopic (exact) mass is 429 g/mol. The maximum atomic E-state index is 13.0. The van der Waals surface area contributed by atoms with E-state index in [2.05, 4.69) is 5.32 Å². The lowest BCUT2D eigenvalue weighted by Gasteiger charge is -2.54. The molecule has 3 amide bonds. The van der Waals surface area contributed by atoms with Gasteiger partial charge in [0.2, 0.25) is 0 Å². The van der Waals surface area contributed by atoms with Gasteiger partial charge in [0, 0.05) is 36.9 Å². The molecule has 1 heterocycles. The number of hydrogen-bond donors (Lipinski definition) is 1. The van der Waals surface area contributed by atoms with E-state index in [1.165, 1.54) is 32.1 Å². The second kappa shape index (κ2) is 7.95. The predicted molar refractivity (Wildman–Crippen MR) is 124 cm³/mol.